The molecular weight excluding hydrogens is 717 g/mol. The highest BCUT2D eigenvalue weighted by molar-refractivity contribution is 7.47. The number of carbonyl (C=O) groups is 1. The topological polar surface area (TPSA) is 226 Å². The Morgan fingerprint density at radius 3 is 1.57 bits per heavy atom. The van der Waals surface area contributed by atoms with Crippen molar-refractivity contribution in [3.63, 3.8) is 0 Å². The van der Waals surface area contributed by atoms with E-state index in [2.05, 4.69) is 31.3 Å². The second-order valence-electron chi connectivity index (χ2n) is 15.0. The Hall–Kier alpha value is -1.22. The van der Waals surface area contributed by atoms with Crippen LogP contribution in [0.2, 0.25) is 0 Å². The number of phosphoric acid groups is 1. The smallest absolute Gasteiger partial charge is 0.393 e. The van der Waals surface area contributed by atoms with Crippen LogP contribution in [0.15, 0.2) is 24.3 Å². The molecular formula is C40H76NO12P. The average Bonchev–Trinajstić information content (AvgIpc) is 3.14. The number of aliphatic hydroxyl groups excluding tert-OH is 7. The maximum atomic E-state index is 12.9. The van der Waals surface area contributed by atoms with Crippen LogP contribution in [0.3, 0.4) is 0 Å². The highest BCUT2D eigenvalue weighted by Gasteiger charge is 2.51. The van der Waals surface area contributed by atoms with Gasteiger partial charge < -0.3 is 46.0 Å². The number of carbonyl (C=O) groups excluding carboxylic acids is 1. The highest BCUT2D eigenvalue weighted by Crippen LogP contribution is 2.47. The van der Waals surface area contributed by atoms with Crippen molar-refractivity contribution in [3.8, 4) is 0 Å². The van der Waals surface area contributed by atoms with Crippen molar-refractivity contribution in [2.45, 2.75) is 216 Å². The molecule has 0 bridgehead atoms. The lowest BCUT2D eigenvalue weighted by Gasteiger charge is -2.41. The number of amides is 1. The first-order valence-electron chi connectivity index (χ1n) is 20.9. The molecule has 54 heavy (non-hydrogen) atoms. The van der Waals surface area contributed by atoms with E-state index in [9.17, 15) is 50.0 Å². The summed E-state index contributed by atoms with van der Waals surface area (Å²) in [5, 5.41) is 73.9. The number of hydrogen-bond donors (Lipinski definition) is 9. The maximum absolute atomic E-state index is 12.9. The van der Waals surface area contributed by atoms with Gasteiger partial charge in [-0.25, -0.2) is 4.57 Å². The van der Waals surface area contributed by atoms with Crippen LogP contribution in [0.5, 0.6) is 0 Å². The third-order valence-corrected chi connectivity index (χ3v) is 11.0. The van der Waals surface area contributed by atoms with Crippen LogP contribution in [0.25, 0.3) is 0 Å². The number of hydrogen-bond acceptors (Lipinski definition) is 11. The molecule has 1 saturated carbocycles. The Bertz CT molecular complexity index is 1030. The van der Waals surface area contributed by atoms with Gasteiger partial charge in [0.25, 0.3) is 0 Å². The van der Waals surface area contributed by atoms with E-state index in [1.165, 1.54) is 57.4 Å². The summed E-state index contributed by atoms with van der Waals surface area (Å²) >= 11 is 0. The summed E-state index contributed by atoms with van der Waals surface area (Å²) < 4.78 is 22.7. The number of rotatable bonds is 33. The number of nitrogens with one attached hydrogen (secondary N) is 1. The lowest BCUT2D eigenvalue weighted by atomic mass is 9.85. The number of phosphoric ester groups is 1. The van der Waals surface area contributed by atoms with Gasteiger partial charge in [-0.15, -0.1) is 0 Å². The molecule has 14 heteroatoms. The van der Waals surface area contributed by atoms with Gasteiger partial charge in [0.2, 0.25) is 5.91 Å². The van der Waals surface area contributed by atoms with Crippen LogP contribution in [-0.2, 0) is 18.4 Å². The van der Waals surface area contributed by atoms with E-state index < -0.39 is 75.2 Å². The predicted molar refractivity (Wildman–Crippen MR) is 210 cm³/mol. The molecule has 13 nitrogen and oxygen atoms in total. The Morgan fingerprint density at radius 2 is 1.07 bits per heavy atom. The third-order valence-electron chi connectivity index (χ3n) is 10.0. The van der Waals surface area contributed by atoms with Gasteiger partial charge in [0.05, 0.1) is 31.3 Å². The van der Waals surface area contributed by atoms with Gasteiger partial charge in [-0.05, 0) is 44.9 Å². The molecule has 0 heterocycles. The minimum Gasteiger partial charge on any atom is -0.393 e. The van der Waals surface area contributed by atoms with Gasteiger partial charge in [0, 0.05) is 0 Å². The van der Waals surface area contributed by atoms with Crippen LogP contribution in [0.1, 0.15) is 162 Å². The molecule has 0 aromatic heterocycles. The zero-order chi connectivity index (χ0) is 40.2. The lowest BCUT2D eigenvalue weighted by Crippen LogP contribution is -2.64. The van der Waals surface area contributed by atoms with Crippen molar-refractivity contribution in [3.05, 3.63) is 24.3 Å². The number of aliphatic hydroxyl groups is 7. The van der Waals surface area contributed by atoms with E-state index in [-0.39, 0.29) is 6.42 Å². The van der Waals surface area contributed by atoms with E-state index >= 15 is 0 Å². The normalized spacial score (nSPS) is 24.9. The second-order valence-corrected chi connectivity index (χ2v) is 16.4. The Kier molecular flexibility index (Phi) is 29.0. The molecule has 1 fully saturated rings. The van der Waals surface area contributed by atoms with Gasteiger partial charge in [0.15, 0.2) is 0 Å². The molecule has 1 rings (SSSR count). The van der Waals surface area contributed by atoms with Crippen molar-refractivity contribution in [2.75, 3.05) is 6.61 Å². The van der Waals surface area contributed by atoms with Crippen molar-refractivity contribution in [1.82, 2.24) is 5.32 Å². The quantitative estimate of drug-likeness (QED) is 0.0224. The minimum atomic E-state index is -5.13. The highest BCUT2D eigenvalue weighted by atomic mass is 31.2. The lowest BCUT2D eigenvalue weighted by molar-refractivity contribution is -0.220. The fraction of sp³-hybridized carbons (Fsp3) is 0.875. The summed E-state index contributed by atoms with van der Waals surface area (Å²) in [6, 6.07) is -1.24. The van der Waals surface area contributed by atoms with E-state index in [0.717, 1.165) is 77.0 Å². The van der Waals surface area contributed by atoms with Crippen molar-refractivity contribution >= 4 is 13.7 Å². The van der Waals surface area contributed by atoms with Gasteiger partial charge in [-0.2, -0.15) is 0 Å². The van der Waals surface area contributed by atoms with E-state index in [1.54, 1.807) is 6.08 Å². The molecule has 0 aromatic carbocycles. The SMILES string of the molecule is CCCCCCC/C=C/C(O)C(COP(=O)(O)OC1C(O)C(O)C(O)C(O)C1O)NC(=O)CC(O)CCCCCCC/C=C\CCCCCCCCCC. The monoisotopic (exact) mass is 794 g/mol. The molecule has 0 aromatic rings. The van der Waals surface area contributed by atoms with Crippen molar-refractivity contribution in [2.24, 2.45) is 0 Å². The zero-order valence-electron chi connectivity index (χ0n) is 33.1. The third kappa shape index (κ3) is 23.1. The minimum absolute atomic E-state index is 0.250. The zero-order valence-corrected chi connectivity index (χ0v) is 34.0. The fourth-order valence-electron chi connectivity index (χ4n) is 6.53. The number of unbranched alkanes of at least 4 members (excludes halogenated alkanes) is 18. The molecule has 8 atom stereocenters. The Labute approximate surface area is 324 Å². The molecule has 1 amide bonds. The van der Waals surface area contributed by atoms with E-state index in [4.69, 9.17) is 9.05 Å². The molecule has 0 saturated heterocycles. The largest absolute Gasteiger partial charge is 0.472 e. The molecule has 1 aliphatic carbocycles. The predicted octanol–water partition coefficient (Wildman–Crippen LogP) is 5.64. The van der Waals surface area contributed by atoms with Crippen molar-refractivity contribution < 1.29 is 59.0 Å². The number of allylic oxidation sites excluding steroid dienone is 3. The summed E-state index contributed by atoms with van der Waals surface area (Å²) in [6.45, 7) is 3.63. The van der Waals surface area contributed by atoms with Crippen molar-refractivity contribution in [1.29, 1.82) is 0 Å². The molecule has 9 N–H and O–H groups in total. The summed E-state index contributed by atoms with van der Waals surface area (Å²) in [5.41, 5.74) is 0. The molecule has 0 spiro atoms. The van der Waals surface area contributed by atoms with E-state index in [1.807, 2.05) is 0 Å². The maximum Gasteiger partial charge on any atom is 0.472 e. The van der Waals surface area contributed by atoms with Crippen LogP contribution < -0.4 is 5.32 Å². The van der Waals surface area contributed by atoms with Crippen LogP contribution in [0, 0.1) is 0 Å². The fourth-order valence-corrected chi connectivity index (χ4v) is 7.49. The standard InChI is InChI=1S/C40H76NO12P/c1-3-5-7-9-11-12-13-14-15-16-17-18-19-20-22-23-25-27-31(42)29-34(44)41-32(33(43)28-26-24-21-10-8-6-4-2)30-52-54(50,51)53-40-38(48)36(46)35(45)37(47)39(40)49/h16-17,26,28,31-33,35-40,42-43,45-49H,3-15,18-25,27,29-30H2,1-2H3,(H,41,44)(H,50,51)/b17-16-,28-26+. The molecule has 8 unspecified atom stereocenters. The summed E-state index contributed by atoms with van der Waals surface area (Å²) in [5.74, 6) is -0.603. The van der Waals surface area contributed by atoms with Crippen LogP contribution in [-0.4, -0.2) is 108 Å². The van der Waals surface area contributed by atoms with E-state index in [0.29, 0.717) is 12.8 Å². The molecule has 0 radical (unpaired) electrons. The Balaban J connectivity index is 2.50. The van der Waals surface area contributed by atoms with Gasteiger partial charge in [-0.1, -0.05) is 134 Å². The first kappa shape index (κ1) is 50.8. The van der Waals surface area contributed by atoms with Crippen LogP contribution in [0.4, 0.5) is 0 Å². The molecule has 318 valence electrons. The molecule has 1 aliphatic rings. The van der Waals surface area contributed by atoms with Gasteiger partial charge >= 0.3 is 7.82 Å². The van der Waals surface area contributed by atoms with Crippen LogP contribution >= 0.6 is 7.82 Å². The summed E-state index contributed by atoms with van der Waals surface area (Å²) in [7, 11) is -5.13. The molecule has 0 aliphatic heterocycles. The first-order chi connectivity index (χ1) is 25.8. The summed E-state index contributed by atoms with van der Waals surface area (Å²) in [4.78, 5) is 23.2. The van der Waals surface area contributed by atoms with Gasteiger partial charge in [-0.3, -0.25) is 13.8 Å². The van der Waals surface area contributed by atoms with Gasteiger partial charge in [0.1, 0.15) is 36.6 Å². The second kappa shape index (κ2) is 30.9. The Morgan fingerprint density at radius 1 is 0.648 bits per heavy atom. The summed E-state index contributed by atoms with van der Waals surface area (Å²) in [6.07, 6.45) is 17.5. The average molecular weight is 794 g/mol. The first-order valence-corrected chi connectivity index (χ1v) is 22.4.